The summed E-state index contributed by atoms with van der Waals surface area (Å²) in [6.07, 6.45) is 4.86. The summed E-state index contributed by atoms with van der Waals surface area (Å²) in [4.78, 5) is 16.7. The molecule has 1 aliphatic rings. The van der Waals surface area contributed by atoms with Crippen LogP contribution in [0.2, 0.25) is 10.0 Å². The average molecular weight is 413 g/mol. The number of aryl methyl sites for hydroxylation is 1. The molecule has 142 valence electrons. The molecular formula is C22H18Cl2N2O2. The van der Waals surface area contributed by atoms with E-state index in [1.165, 1.54) is 22.8 Å². The molecule has 4 nitrogen and oxygen atoms in total. The van der Waals surface area contributed by atoms with Gasteiger partial charge in [0.25, 0.3) is 5.91 Å². The summed E-state index contributed by atoms with van der Waals surface area (Å²) in [6.45, 7) is 2.14. The molecule has 0 bridgehead atoms. The number of pyridine rings is 1. The molecule has 4 rings (SSSR count). The van der Waals surface area contributed by atoms with Crippen molar-refractivity contribution in [2.75, 3.05) is 5.32 Å². The second-order valence-electron chi connectivity index (χ2n) is 6.76. The predicted octanol–water partition coefficient (Wildman–Crippen LogP) is 6.23. The number of amides is 1. The van der Waals surface area contributed by atoms with Crippen molar-refractivity contribution in [3.63, 3.8) is 0 Å². The zero-order valence-electron chi connectivity index (χ0n) is 15.3. The summed E-state index contributed by atoms with van der Waals surface area (Å²) in [5, 5.41) is 3.53. The topological polar surface area (TPSA) is 51.2 Å². The molecule has 28 heavy (non-hydrogen) atoms. The highest BCUT2D eigenvalue weighted by molar-refractivity contribution is 6.42. The van der Waals surface area contributed by atoms with Gasteiger partial charge in [-0.2, -0.15) is 0 Å². The van der Waals surface area contributed by atoms with Crippen molar-refractivity contribution in [1.29, 1.82) is 0 Å². The first kappa shape index (κ1) is 18.8. The molecule has 0 unspecified atom stereocenters. The molecule has 0 atom stereocenters. The largest absolute Gasteiger partial charge is 0.439 e. The van der Waals surface area contributed by atoms with E-state index in [9.17, 15) is 4.79 Å². The Kier molecular flexibility index (Phi) is 5.25. The maximum atomic E-state index is 12.3. The number of nitrogens with zero attached hydrogens (tertiary/aromatic N) is 1. The van der Waals surface area contributed by atoms with Gasteiger partial charge in [0, 0.05) is 11.6 Å². The number of fused-ring (bicyclic) bond motifs is 1. The number of carbonyl (C=O) groups excluding carboxylic acids is 1. The summed E-state index contributed by atoms with van der Waals surface area (Å²) in [6, 6.07) is 12.3. The normalized spacial score (nSPS) is 12.5. The predicted molar refractivity (Wildman–Crippen MR) is 112 cm³/mol. The highest BCUT2D eigenvalue weighted by atomic mass is 35.5. The molecule has 1 aromatic heterocycles. The summed E-state index contributed by atoms with van der Waals surface area (Å²) in [5.74, 6) is 1.06. The van der Waals surface area contributed by atoms with Gasteiger partial charge in [-0.3, -0.25) is 4.79 Å². The van der Waals surface area contributed by atoms with Crippen LogP contribution in [-0.4, -0.2) is 10.9 Å². The average Bonchev–Trinajstić information content (AvgIpc) is 3.19. The third kappa shape index (κ3) is 3.84. The second kappa shape index (κ2) is 7.82. The maximum absolute atomic E-state index is 12.3. The van der Waals surface area contributed by atoms with Gasteiger partial charge in [-0.15, -0.1) is 0 Å². The summed E-state index contributed by atoms with van der Waals surface area (Å²) >= 11 is 11.9. The Labute approximate surface area is 173 Å². The summed E-state index contributed by atoms with van der Waals surface area (Å²) in [7, 11) is 0. The molecule has 1 amide bonds. The Hall–Kier alpha value is -2.56. The van der Waals surface area contributed by atoms with Gasteiger partial charge in [0.2, 0.25) is 5.88 Å². The van der Waals surface area contributed by atoms with E-state index in [1.807, 2.05) is 6.07 Å². The van der Waals surface area contributed by atoms with E-state index in [2.05, 4.69) is 23.3 Å². The minimum Gasteiger partial charge on any atom is -0.439 e. The number of rotatable bonds is 4. The standard InChI is InChI=1S/C22H18Cl2N2O2/c1-13-5-9-20(17-4-2-3-16(13)17)28-21-10-7-15(12-25-21)26-22(27)14-6-8-18(23)19(24)11-14/h5-12H,2-4H2,1H3,(H,26,27). The zero-order chi connectivity index (χ0) is 19.7. The van der Waals surface area contributed by atoms with Crippen LogP contribution in [0.15, 0.2) is 48.7 Å². The van der Waals surface area contributed by atoms with Crippen molar-refractivity contribution in [3.8, 4) is 11.6 Å². The van der Waals surface area contributed by atoms with Gasteiger partial charge < -0.3 is 10.1 Å². The molecule has 1 heterocycles. The van der Waals surface area contributed by atoms with Gasteiger partial charge in [-0.05, 0) is 73.2 Å². The molecule has 0 saturated carbocycles. The highest BCUT2D eigenvalue weighted by Crippen LogP contribution is 2.35. The fourth-order valence-electron chi connectivity index (χ4n) is 3.42. The molecule has 0 aliphatic heterocycles. The SMILES string of the molecule is Cc1ccc(Oc2ccc(NC(=O)c3ccc(Cl)c(Cl)c3)cn2)c2c1CCC2. The number of carbonyl (C=O) groups is 1. The third-order valence-electron chi connectivity index (χ3n) is 4.87. The van der Waals surface area contributed by atoms with Crippen LogP contribution in [0.4, 0.5) is 5.69 Å². The fraction of sp³-hybridized carbons (Fsp3) is 0.182. The van der Waals surface area contributed by atoms with Crippen LogP contribution in [0.1, 0.15) is 33.5 Å². The van der Waals surface area contributed by atoms with Crippen LogP contribution in [0.25, 0.3) is 0 Å². The van der Waals surface area contributed by atoms with E-state index >= 15 is 0 Å². The Balaban J connectivity index is 1.46. The van der Waals surface area contributed by atoms with Crippen LogP contribution >= 0.6 is 23.2 Å². The maximum Gasteiger partial charge on any atom is 0.255 e. The van der Waals surface area contributed by atoms with Crippen molar-refractivity contribution in [1.82, 2.24) is 4.98 Å². The van der Waals surface area contributed by atoms with Crippen LogP contribution in [0.5, 0.6) is 11.6 Å². The third-order valence-corrected chi connectivity index (χ3v) is 5.61. The Morgan fingerprint density at radius 3 is 2.61 bits per heavy atom. The number of hydrogen-bond donors (Lipinski definition) is 1. The van der Waals surface area contributed by atoms with Crippen LogP contribution in [0, 0.1) is 6.92 Å². The molecule has 3 aromatic rings. The summed E-state index contributed by atoms with van der Waals surface area (Å²) < 4.78 is 5.99. The van der Waals surface area contributed by atoms with Gasteiger partial charge in [-0.25, -0.2) is 4.98 Å². The van der Waals surface area contributed by atoms with E-state index < -0.39 is 0 Å². The molecule has 0 saturated heterocycles. The van der Waals surface area contributed by atoms with Crippen molar-refractivity contribution >= 4 is 34.8 Å². The van der Waals surface area contributed by atoms with Crippen LogP contribution < -0.4 is 10.1 Å². The van der Waals surface area contributed by atoms with Crippen LogP contribution in [-0.2, 0) is 12.8 Å². The van der Waals surface area contributed by atoms with Crippen LogP contribution in [0.3, 0.4) is 0 Å². The number of benzene rings is 2. The van der Waals surface area contributed by atoms with Crippen molar-refractivity contribution < 1.29 is 9.53 Å². The van der Waals surface area contributed by atoms with E-state index in [-0.39, 0.29) is 5.91 Å². The monoisotopic (exact) mass is 412 g/mol. The van der Waals surface area contributed by atoms with Gasteiger partial charge in [-0.1, -0.05) is 29.3 Å². The Bertz CT molecular complexity index is 1050. The second-order valence-corrected chi connectivity index (χ2v) is 7.58. The number of anilines is 1. The van der Waals surface area contributed by atoms with E-state index in [1.54, 1.807) is 30.5 Å². The minimum atomic E-state index is -0.287. The van der Waals surface area contributed by atoms with Gasteiger partial charge in [0.05, 0.1) is 21.9 Å². The molecule has 0 fully saturated rings. The number of hydrogen-bond acceptors (Lipinski definition) is 3. The summed E-state index contributed by atoms with van der Waals surface area (Å²) in [5.41, 5.74) is 4.97. The minimum absolute atomic E-state index is 0.287. The molecule has 1 aliphatic carbocycles. The number of aromatic nitrogens is 1. The van der Waals surface area contributed by atoms with E-state index in [0.29, 0.717) is 27.2 Å². The number of nitrogens with one attached hydrogen (secondary N) is 1. The van der Waals surface area contributed by atoms with E-state index in [0.717, 1.165) is 25.0 Å². The van der Waals surface area contributed by atoms with E-state index in [4.69, 9.17) is 27.9 Å². The van der Waals surface area contributed by atoms with Gasteiger partial charge >= 0.3 is 0 Å². The molecular weight excluding hydrogens is 395 g/mol. The Morgan fingerprint density at radius 2 is 1.86 bits per heavy atom. The fourth-order valence-corrected chi connectivity index (χ4v) is 3.71. The zero-order valence-corrected chi connectivity index (χ0v) is 16.8. The lowest BCUT2D eigenvalue weighted by Crippen LogP contribution is -2.12. The first-order valence-corrected chi connectivity index (χ1v) is 9.78. The lowest BCUT2D eigenvalue weighted by atomic mass is 10.0. The highest BCUT2D eigenvalue weighted by Gasteiger charge is 2.18. The molecule has 6 heteroatoms. The molecule has 0 radical (unpaired) electrons. The molecule has 1 N–H and O–H groups in total. The molecule has 2 aromatic carbocycles. The Morgan fingerprint density at radius 1 is 1.04 bits per heavy atom. The van der Waals surface area contributed by atoms with Gasteiger partial charge in [0.15, 0.2) is 0 Å². The lowest BCUT2D eigenvalue weighted by Gasteiger charge is -2.12. The van der Waals surface area contributed by atoms with Crippen molar-refractivity contribution in [3.05, 3.63) is 81.0 Å². The first-order valence-electron chi connectivity index (χ1n) is 9.03. The number of halogens is 2. The quantitative estimate of drug-likeness (QED) is 0.552. The molecule has 0 spiro atoms. The first-order chi connectivity index (χ1) is 13.5. The van der Waals surface area contributed by atoms with Crippen molar-refractivity contribution in [2.45, 2.75) is 26.2 Å². The van der Waals surface area contributed by atoms with Gasteiger partial charge in [0.1, 0.15) is 5.75 Å². The number of ether oxygens (including phenoxy) is 1. The van der Waals surface area contributed by atoms with Crippen molar-refractivity contribution in [2.24, 2.45) is 0 Å². The lowest BCUT2D eigenvalue weighted by molar-refractivity contribution is 0.102. The smallest absolute Gasteiger partial charge is 0.255 e.